The molecule has 5 nitrogen and oxygen atoms in total. The van der Waals surface area contributed by atoms with Crippen LogP contribution >= 0.6 is 23.1 Å². The number of benzene rings is 1. The van der Waals surface area contributed by atoms with Gasteiger partial charge in [-0.1, -0.05) is 61.2 Å². The van der Waals surface area contributed by atoms with Gasteiger partial charge in [0, 0.05) is 5.25 Å². The van der Waals surface area contributed by atoms with Crippen LogP contribution in [-0.2, 0) is 15.8 Å². The fraction of sp³-hybridized carbons (Fsp3) is 0.385. The monoisotopic (exact) mass is 343 g/mol. The van der Waals surface area contributed by atoms with Crippen LogP contribution in [0.15, 0.2) is 28.6 Å². The van der Waals surface area contributed by atoms with Gasteiger partial charge in [-0.25, -0.2) is 8.42 Å². The molecular weight excluding hydrogens is 326 g/mol. The summed E-state index contributed by atoms with van der Waals surface area (Å²) in [5, 5.41) is 8.54. The molecule has 0 bridgehead atoms. The van der Waals surface area contributed by atoms with Crippen molar-refractivity contribution in [2.75, 3.05) is 4.72 Å². The number of aromatic nitrogens is 2. The third-order valence-corrected chi connectivity index (χ3v) is 5.84. The Morgan fingerprint density at radius 3 is 2.67 bits per heavy atom. The zero-order valence-electron chi connectivity index (χ0n) is 12.0. The number of anilines is 1. The van der Waals surface area contributed by atoms with Crippen LogP contribution < -0.4 is 4.72 Å². The molecular formula is C13H17N3O2S3. The van der Waals surface area contributed by atoms with Crippen molar-refractivity contribution in [1.29, 1.82) is 0 Å². The molecule has 0 radical (unpaired) electrons. The highest BCUT2D eigenvalue weighted by Gasteiger charge is 2.16. The molecule has 2 rings (SSSR count). The van der Waals surface area contributed by atoms with Crippen molar-refractivity contribution in [2.24, 2.45) is 0 Å². The summed E-state index contributed by atoms with van der Waals surface area (Å²) in [7, 11) is -3.48. The van der Waals surface area contributed by atoms with Crippen molar-refractivity contribution >= 4 is 38.3 Å². The summed E-state index contributed by atoms with van der Waals surface area (Å²) >= 11 is 2.82. The Bertz CT molecular complexity index is 711. The van der Waals surface area contributed by atoms with Crippen LogP contribution in [0.4, 0.5) is 5.13 Å². The minimum atomic E-state index is -3.48. The van der Waals surface area contributed by atoms with Crippen molar-refractivity contribution in [1.82, 2.24) is 10.2 Å². The van der Waals surface area contributed by atoms with Gasteiger partial charge in [-0.2, -0.15) is 0 Å². The predicted molar refractivity (Wildman–Crippen MR) is 88.3 cm³/mol. The molecule has 0 aliphatic heterocycles. The highest BCUT2D eigenvalue weighted by molar-refractivity contribution is 8.01. The number of nitrogens with one attached hydrogen (secondary N) is 1. The molecule has 0 fully saturated rings. The lowest BCUT2D eigenvalue weighted by Crippen LogP contribution is -2.15. The molecule has 0 unspecified atom stereocenters. The lowest BCUT2D eigenvalue weighted by molar-refractivity contribution is 0.600. The standard InChI is InChI=1S/C13H17N3O2S3/c1-9(2)19-13-15-14-12(20-13)16-21(17,18)8-11-7-5-4-6-10(11)3/h4-7,9H,8H2,1-3H3,(H,14,16). The van der Waals surface area contributed by atoms with E-state index in [0.29, 0.717) is 10.4 Å². The SMILES string of the molecule is Cc1ccccc1CS(=O)(=O)Nc1nnc(SC(C)C)s1. The summed E-state index contributed by atoms with van der Waals surface area (Å²) in [6.45, 7) is 6.00. The van der Waals surface area contributed by atoms with Gasteiger partial charge in [-0.15, -0.1) is 10.2 Å². The van der Waals surface area contributed by atoms with E-state index >= 15 is 0 Å². The summed E-state index contributed by atoms with van der Waals surface area (Å²) in [4.78, 5) is 0. The second-order valence-electron chi connectivity index (χ2n) is 4.83. The lowest BCUT2D eigenvalue weighted by atomic mass is 10.1. The van der Waals surface area contributed by atoms with E-state index in [1.807, 2.05) is 45.0 Å². The molecule has 8 heteroatoms. The summed E-state index contributed by atoms with van der Waals surface area (Å²) in [5.74, 6) is -0.0636. The first-order chi connectivity index (χ1) is 9.85. The third kappa shape index (κ3) is 4.98. The summed E-state index contributed by atoms with van der Waals surface area (Å²) in [5.41, 5.74) is 1.74. The van der Waals surface area contributed by atoms with Gasteiger partial charge in [0.1, 0.15) is 0 Å². The molecule has 2 aromatic rings. The lowest BCUT2D eigenvalue weighted by Gasteiger charge is -2.07. The number of aryl methyl sites for hydroxylation is 1. The van der Waals surface area contributed by atoms with Crippen molar-refractivity contribution < 1.29 is 8.42 Å². The molecule has 0 saturated carbocycles. The van der Waals surface area contributed by atoms with Crippen LogP contribution in [0.2, 0.25) is 0 Å². The quantitative estimate of drug-likeness (QED) is 0.815. The van der Waals surface area contributed by atoms with Gasteiger partial charge >= 0.3 is 0 Å². The molecule has 0 amide bonds. The number of sulfonamides is 1. The zero-order valence-corrected chi connectivity index (χ0v) is 14.5. The van der Waals surface area contributed by atoms with Crippen LogP contribution in [-0.4, -0.2) is 23.9 Å². The average molecular weight is 343 g/mol. The average Bonchev–Trinajstić information content (AvgIpc) is 2.77. The van der Waals surface area contributed by atoms with Gasteiger partial charge in [-0.3, -0.25) is 4.72 Å². The van der Waals surface area contributed by atoms with Gasteiger partial charge in [0.25, 0.3) is 0 Å². The van der Waals surface area contributed by atoms with E-state index < -0.39 is 10.0 Å². The molecule has 1 aromatic carbocycles. The Morgan fingerprint density at radius 2 is 2.00 bits per heavy atom. The van der Waals surface area contributed by atoms with Crippen LogP contribution in [0.25, 0.3) is 0 Å². The van der Waals surface area contributed by atoms with E-state index in [1.165, 1.54) is 11.3 Å². The molecule has 0 spiro atoms. The number of hydrogen-bond donors (Lipinski definition) is 1. The Hall–Kier alpha value is -1.12. The van der Waals surface area contributed by atoms with Crippen molar-refractivity contribution in [3.05, 3.63) is 35.4 Å². The Balaban J connectivity index is 2.07. The van der Waals surface area contributed by atoms with Gasteiger partial charge in [0.2, 0.25) is 15.2 Å². The molecule has 114 valence electrons. The number of rotatable bonds is 6. The summed E-state index contributed by atoms with van der Waals surface area (Å²) in [6, 6.07) is 7.43. The normalized spacial score (nSPS) is 11.8. The molecule has 0 saturated heterocycles. The third-order valence-electron chi connectivity index (χ3n) is 2.59. The van der Waals surface area contributed by atoms with Gasteiger partial charge < -0.3 is 0 Å². The van der Waals surface area contributed by atoms with Crippen LogP contribution in [0.5, 0.6) is 0 Å². The van der Waals surface area contributed by atoms with Crippen LogP contribution in [0.1, 0.15) is 25.0 Å². The van der Waals surface area contributed by atoms with Crippen molar-refractivity contribution in [2.45, 2.75) is 36.1 Å². The molecule has 0 aliphatic rings. The number of thioether (sulfide) groups is 1. The predicted octanol–water partition coefficient (Wildman–Crippen LogP) is 3.29. The molecule has 0 aliphatic carbocycles. The second-order valence-corrected chi connectivity index (χ2v) is 9.35. The molecule has 0 atom stereocenters. The molecule has 1 aromatic heterocycles. The van der Waals surface area contributed by atoms with Crippen molar-refractivity contribution in [3.8, 4) is 0 Å². The minimum Gasteiger partial charge on any atom is -0.257 e. The van der Waals surface area contributed by atoms with E-state index in [-0.39, 0.29) is 5.75 Å². The summed E-state index contributed by atoms with van der Waals surface area (Å²) in [6.07, 6.45) is 0. The first-order valence-electron chi connectivity index (χ1n) is 6.41. The van der Waals surface area contributed by atoms with Gasteiger partial charge in [-0.05, 0) is 18.1 Å². The molecule has 1 N–H and O–H groups in total. The fourth-order valence-corrected chi connectivity index (χ4v) is 5.13. The largest absolute Gasteiger partial charge is 0.257 e. The van der Waals surface area contributed by atoms with Crippen molar-refractivity contribution in [3.63, 3.8) is 0 Å². The minimum absolute atomic E-state index is 0.0636. The van der Waals surface area contributed by atoms with Gasteiger partial charge in [0.15, 0.2) is 4.34 Å². The zero-order chi connectivity index (χ0) is 15.5. The number of nitrogens with zero attached hydrogens (tertiary/aromatic N) is 2. The Kier molecular flexibility index (Phi) is 5.23. The Labute approximate surface area is 133 Å². The van der Waals surface area contributed by atoms with Crippen LogP contribution in [0.3, 0.4) is 0 Å². The smallest absolute Gasteiger partial charge is 0.238 e. The number of hydrogen-bond acceptors (Lipinski definition) is 6. The molecule has 21 heavy (non-hydrogen) atoms. The van der Waals surface area contributed by atoms with Crippen LogP contribution in [0, 0.1) is 6.92 Å². The fourth-order valence-electron chi connectivity index (χ4n) is 1.65. The van der Waals surface area contributed by atoms with E-state index in [1.54, 1.807) is 11.8 Å². The maximum Gasteiger partial charge on any atom is 0.238 e. The first-order valence-corrected chi connectivity index (χ1v) is 9.76. The highest BCUT2D eigenvalue weighted by atomic mass is 32.2. The second kappa shape index (κ2) is 6.76. The van der Waals surface area contributed by atoms with E-state index in [2.05, 4.69) is 14.9 Å². The Morgan fingerprint density at radius 1 is 1.29 bits per heavy atom. The van der Waals surface area contributed by atoms with E-state index in [0.717, 1.165) is 15.5 Å². The molecule has 1 heterocycles. The maximum atomic E-state index is 12.2. The van der Waals surface area contributed by atoms with Gasteiger partial charge in [0.05, 0.1) is 5.75 Å². The highest BCUT2D eigenvalue weighted by Crippen LogP contribution is 2.29. The van der Waals surface area contributed by atoms with E-state index in [4.69, 9.17) is 0 Å². The topological polar surface area (TPSA) is 72.0 Å². The first kappa shape index (κ1) is 16.3. The maximum absolute atomic E-state index is 12.2. The summed E-state index contributed by atoms with van der Waals surface area (Å²) < 4.78 is 27.6. The van der Waals surface area contributed by atoms with E-state index in [9.17, 15) is 8.42 Å².